The van der Waals surface area contributed by atoms with Crippen LogP contribution in [0.2, 0.25) is 5.02 Å². The summed E-state index contributed by atoms with van der Waals surface area (Å²) < 4.78 is 1.71. The van der Waals surface area contributed by atoms with Crippen LogP contribution in [0.15, 0.2) is 42.7 Å². The van der Waals surface area contributed by atoms with Gasteiger partial charge in [0.05, 0.1) is 18.3 Å². The molecule has 5 nitrogen and oxygen atoms in total. The van der Waals surface area contributed by atoms with Crippen LogP contribution in [-0.2, 0) is 6.54 Å². The van der Waals surface area contributed by atoms with Gasteiger partial charge in [-0.3, -0.25) is 0 Å². The minimum absolute atomic E-state index is 0.153. The lowest BCUT2D eigenvalue weighted by atomic mass is 10.2. The van der Waals surface area contributed by atoms with E-state index in [2.05, 4.69) is 10.1 Å². The van der Waals surface area contributed by atoms with Gasteiger partial charge in [-0.1, -0.05) is 23.7 Å². The van der Waals surface area contributed by atoms with E-state index in [1.54, 1.807) is 16.9 Å². The second-order valence-electron chi connectivity index (χ2n) is 4.37. The van der Waals surface area contributed by atoms with Crippen molar-refractivity contribution in [2.75, 3.05) is 0 Å². The van der Waals surface area contributed by atoms with Crippen molar-refractivity contribution < 1.29 is 9.90 Å². The monoisotopic (exact) mass is 287 g/mol. The van der Waals surface area contributed by atoms with Gasteiger partial charge in [-0.2, -0.15) is 5.10 Å². The predicted molar refractivity (Wildman–Crippen MR) is 75.0 cm³/mol. The minimum atomic E-state index is -0.998. The summed E-state index contributed by atoms with van der Waals surface area (Å²) in [6.07, 6.45) is 2.94. The second kappa shape index (κ2) is 4.94. The molecule has 1 N–H and O–H groups in total. The van der Waals surface area contributed by atoms with Gasteiger partial charge in [0.15, 0.2) is 5.65 Å². The summed E-state index contributed by atoms with van der Waals surface area (Å²) >= 11 is 5.95. The molecule has 0 atom stereocenters. The van der Waals surface area contributed by atoms with Crippen molar-refractivity contribution in [3.63, 3.8) is 0 Å². The van der Waals surface area contributed by atoms with Gasteiger partial charge in [0.1, 0.15) is 0 Å². The van der Waals surface area contributed by atoms with Crippen LogP contribution in [0.3, 0.4) is 0 Å². The first-order chi connectivity index (χ1) is 9.63. The van der Waals surface area contributed by atoms with E-state index in [9.17, 15) is 4.79 Å². The van der Waals surface area contributed by atoms with Crippen LogP contribution in [-0.4, -0.2) is 25.8 Å². The number of fused-ring (bicyclic) bond motifs is 1. The first-order valence-corrected chi connectivity index (χ1v) is 6.30. The molecule has 0 bridgehead atoms. The highest BCUT2D eigenvalue weighted by molar-refractivity contribution is 6.30. The van der Waals surface area contributed by atoms with Gasteiger partial charge >= 0.3 is 5.97 Å². The molecule has 0 aliphatic carbocycles. The van der Waals surface area contributed by atoms with E-state index < -0.39 is 5.97 Å². The number of carboxylic acid groups (broad SMARTS) is 1. The van der Waals surface area contributed by atoms with Crippen molar-refractivity contribution in [1.29, 1.82) is 0 Å². The zero-order valence-corrected chi connectivity index (χ0v) is 11.1. The van der Waals surface area contributed by atoms with Crippen molar-refractivity contribution in [2.24, 2.45) is 0 Å². The molecular weight excluding hydrogens is 278 g/mol. The van der Waals surface area contributed by atoms with E-state index in [1.165, 1.54) is 6.20 Å². The number of nitrogens with zero attached hydrogens (tertiary/aromatic N) is 3. The van der Waals surface area contributed by atoms with Gasteiger partial charge in [0.2, 0.25) is 0 Å². The lowest BCUT2D eigenvalue weighted by Gasteiger charge is -2.04. The molecule has 0 amide bonds. The molecule has 3 aromatic rings. The number of carboxylic acids is 1. The van der Waals surface area contributed by atoms with E-state index in [4.69, 9.17) is 16.7 Å². The van der Waals surface area contributed by atoms with Gasteiger partial charge in [-0.05, 0) is 23.8 Å². The van der Waals surface area contributed by atoms with E-state index in [1.807, 2.05) is 24.3 Å². The molecule has 0 spiro atoms. The molecule has 0 aliphatic rings. The fourth-order valence-corrected chi connectivity index (χ4v) is 2.23. The Morgan fingerprint density at radius 3 is 2.90 bits per heavy atom. The van der Waals surface area contributed by atoms with E-state index in [0.29, 0.717) is 22.6 Å². The summed E-state index contributed by atoms with van der Waals surface area (Å²) in [5.41, 5.74) is 1.81. The first kappa shape index (κ1) is 12.6. The predicted octanol–water partition coefficient (Wildman–Crippen LogP) is 2.83. The lowest BCUT2D eigenvalue weighted by molar-refractivity contribution is 0.0696. The number of aromatic nitrogens is 3. The highest BCUT2D eigenvalue weighted by Crippen LogP contribution is 2.16. The maximum absolute atomic E-state index is 10.9. The Morgan fingerprint density at radius 2 is 2.15 bits per heavy atom. The molecule has 2 heterocycles. The SMILES string of the molecule is O=C(O)c1cnc2c(cnn2Cc2cccc(Cl)c2)c1. The van der Waals surface area contributed by atoms with Crippen molar-refractivity contribution in [3.05, 3.63) is 58.9 Å². The third-order valence-corrected chi connectivity index (χ3v) is 3.18. The van der Waals surface area contributed by atoms with Crippen molar-refractivity contribution in [1.82, 2.24) is 14.8 Å². The first-order valence-electron chi connectivity index (χ1n) is 5.93. The summed E-state index contributed by atoms with van der Waals surface area (Å²) in [5.74, 6) is -0.998. The zero-order chi connectivity index (χ0) is 14.1. The van der Waals surface area contributed by atoms with Crippen LogP contribution in [0.1, 0.15) is 15.9 Å². The summed E-state index contributed by atoms with van der Waals surface area (Å²) in [4.78, 5) is 15.1. The molecule has 0 aliphatic heterocycles. The van der Waals surface area contributed by atoms with Crippen LogP contribution in [0.25, 0.3) is 11.0 Å². The Bertz CT molecular complexity index is 798. The highest BCUT2D eigenvalue weighted by atomic mass is 35.5. The maximum atomic E-state index is 10.9. The molecule has 6 heteroatoms. The number of halogens is 1. The molecule has 0 unspecified atom stereocenters. The van der Waals surface area contributed by atoms with Gasteiger partial charge in [-0.15, -0.1) is 0 Å². The molecule has 0 saturated carbocycles. The fourth-order valence-electron chi connectivity index (χ4n) is 2.01. The smallest absolute Gasteiger partial charge is 0.337 e. The molecule has 100 valence electrons. The summed E-state index contributed by atoms with van der Waals surface area (Å²) in [5, 5.41) is 14.5. The average molecular weight is 288 g/mol. The molecule has 2 aromatic heterocycles. The molecule has 0 saturated heterocycles. The second-order valence-corrected chi connectivity index (χ2v) is 4.81. The molecule has 3 rings (SSSR count). The van der Waals surface area contributed by atoms with E-state index in [0.717, 1.165) is 5.56 Å². The number of hydrogen-bond acceptors (Lipinski definition) is 3. The van der Waals surface area contributed by atoms with Gasteiger partial charge in [0.25, 0.3) is 0 Å². The van der Waals surface area contributed by atoms with Gasteiger partial charge in [0, 0.05) is 16.6 Å². The fraction of sp³-hybridized carbons (Fsp3) is 0.0714. The van der Waals surface area contributed by atoms with Gasteiger partial charge in [-0.25, -0.2) is 14.5 Å². The summed E-state index contributed by atoms with van der Waals surface area (Å²) in [7, 11) is 0. The average Bonchev–Trinajstić information content (AvgIpc) is 2.81. The standard InChI is InChI=1S/C14H10ClN3O2/c15-12-3-1-2-9(4-12)8-18-13-10(7-17-18)5-11(6-16-13)14(19)20/h1-7H,8H2,(H,19,20). The Balaban J connectivity index is 1.98. The molecule has 0 radical (unpaired) electrons. The lowest BCUT2D eigenvalue weighted by Crippen LogP contribution is -2.03. The van der Waals surface area contributed by atoms with E-state index in [-0.39, 0.29) is 5.56 Å². The largest absolute Gasteiger partial charge is 0.478 e. The third kappa shape index (κ3) is 2.35. The van der Waals surface area contributed by atoms with Crippen LogP contribution in [0.4, 0.5) is 0 Å². The Morgan fingerprint density at radius 1 is 1.30 bits per heavy atom. The van der Waals surface area contributed by atoms with Crippen LogP contribution in [0, 0.1) is 0 Å². The Labute approximate surface area is 119 Å². The summed E-state index contributed by atoms with van der Waals surface area (Å²) in [6, 6.07) is 9.06. The molecule has 20 heavy (non-hydrogen) atoms. The van der Waals surface area contributed by atoms with Crippen molar-refractivity contribution >= 4 is 28.6 Å². The number of rotatable bonds is 3. The molecular formula is C14H10ClN3O2. The van der Waals surface area contributed by atoms with E-state index >= 15 is 0 Å². The third-order valence-electron chi connectivity index (χ3n) is 2.94. The summed E-state index contributed by atoms with van der Waals surface area (Å²) in [6.45, 7) is 0.531. The topological polar surface area (TPSA) is 68.0 Å². The molecule has 1 aromatic carbocycles. The number of carbonyl (C=O) groups is 1. The number of aromatic carboxylic acids is 1. The highest BCUT2D eigenvalue weighted by Gasteiger charge is 2.09. The molecule has 0 fully saturated rings. The van der Waals surface area contributed by atoms with Crippen molar-refractivity contribution in [2.45, 2.75) is 6.54 Å². The normalized spacial score (nSPS) is 10.8. The zero-order valence-electron chi connectivity index (χ0n) is 10.3. The number of hydrogen-bond donors (Lipinski definition) is 1. The number of pyridine rings is 1. The minimum Gasteiger partial charge on any atom is -0.478 e. The van der Waals surface area contributed by atoms with Crippen LogP contribution in [0.5, 0.6) is 0 Å². The Hall–Kier alpha value is -2.40. The number of benzene rings is 1. The van der Waals surface area contributed by atoms with Crippen molar-refractivity contribution in [3.8, 4) is 0 Å². The van der Waals surface area contributed by atoms with Gasteiger partial charge < -0.3 is 5.11 Å². The van der Waals surface area contributed by atoms with Crippen LogP contribution >= 0.6 is 11.6 Å². The quantitative estimate of drug-likeness (QED) is 0.804. The Kier molecular flexibility index (Phi) is 3.12. The maximum Gasteiger partial charge on any atom is 0.337 e. The van der Waals surface area contributed by atoms with Crippen LogP contribution < -0.4 is 0 Å².